The van der Waals surface area contributed by atoms with Gasteiger partial charge in [0, 0.05) is 11.3 Å². The number of nitrogens with one attached hydrogen (secondary N) is 2. The molecule has 4 N–H and O–H groups in total. The maximum absolute atomic E-state index is 12.7. The van der Waals surface area contributed by atoms with Crippen molar-refractivity contribution in [1.29, 1.82) is 0 Å². The van der Waals surface area contributed by atoms with Gasteiger partial charge in [0.15, 0.2) is 0 Å². The van der Waals surface area contributed by atoms with Crippen LogP contribution in [-0.2, 0) is 20.8 Å². The third-order valence-corrected chi connectivity index (χ3v) is 5.16. The Labute approximate surface area is 167 Å². The number of carboxylic acids is 1. The minimum Gasteiger partial charge on any atom is -0.508 e. The number of hydrogen-bond acceptors (Lipinski definition) is 5. The van der Waals surface area contributed by atoms with Crippen molar-refractivity contribution in [3.63, 3.8) is 0 Å². The molecule has 1 aromatic heterocycles. The Bertz CT molecular complexity index is 783. The van der Waals surface area contributed by atoms with Crippen LogP contribution in [0.15, 0.2) is 53.7 Å². The molecule has 3 atom stereocenters. The van der Waals surface area contributed by atoms with Crippen LogP contribution in [0.4, 0.5) is 0 Å². The summed E-state index contributed by atoms with van der Waals surface area (Å²) >= 11 is 1.46. The third-order valence-electron chi connectivity index (χ3n) is 4.26. The average molecular weight is 404 g/mol. The summed E-state index contributed by atoms with van der Waals surface area (Å²) in [6, 6.07) is 1.73. The highest BCUT2D eigenvalue weighted by atomic mass is 32.1. The van der Waals surface area contributed by atoms with Crippen molar-refractivity contribution in [2.24, 2.45) is 5.92 Å². The quantitative estimate of drug-likeness (QED) is 0.472. The summed E-state index contributed by atoms with van der Waals surface area (Å²) in [6.45, 7) is 1.69. The third kappa shape index (κ3) is 6.70. The predicted molar refractivity (Wildman–Crippen MR) is 107 cm³/mol. The molecular formula is C20H24N2O5S. The van der Waals surface area contributed by atoms with E-state index in [1.807, 2.05) is 17.5 Å². The van der Waals surface area contributed by atoms with Gasteiger partial charge in [-0.2, -0.15) is 0 Å². The molecule has 1 aliphatic carbocycles. The Kier molecular flexibility index (Phi) is 8.01. The van der Waals surface area contributed by atoms with E-state index >= 15 is 0 Å². The number of rotatable bonds is 9. The van der Waals surface area contributed by atoms with Gasteiger partial charge in [-0.05, 0) is 55.4 Å². The fourth-order valence-electron chi connectivity index (χ4n) is 2.84. The van der Waals surface area contributed by atoms with Crippen LogP contribution in [0, 0.1) is 5.92 Å². The summed E-state index contributed by atoms with van der Waals surface area (Å²) in [4.78, 5) is 37.2. The lowest BCUT2D eigenvalue weighted by Crippen LogP contribution is -2.52. The molecule has 1 aliphatic rings. The van der Waals surface area contributed by atoms with Gasteiger partial charge in [-0.1, -0.05) is 18.2 Å². The highest BCUT2D eigenvalue weighted by molar-refractivity contribution is 7.09. The molecule has 0 saturated carbocycles. The predicted octanol–water partition coefficient (Wildman–Crippen LogP) is 2.33. The average Bonchev–Trinajstić information content (AvgIpc) is 3.15. The Morgan fingerprint density at radius 2 is 2.11 bits per heavy atom. The van der Waals surface area contributed by atoms with E-state index in [4.69, 9.17) is 0 Å². The second-order valence-corrected chi connectivity index (χ2v) is 7.50. The molecule has 1 unspecified atom stereocenters. The zero-order valence-corrected chi connectivity index (χ0v) is 16.3. The summed E-state index contributed by atoms with van der Waals surface area (Å²) in [6.07, 6.45) is 8.71. The summed E-state index contributed by atoms with van der Waals surface area (Å²) in [7, 11) is 0. The first-order valence-corrected chi connectivity index (χ1v) is 9.83. The van der Waals surface area contributed by atoms with Crippen LogP contribution in [0.1, 0.15) is 24.6 Å². The largest absolute Gasteiger partial charge is 0.508 e. The van der Waals surface area contributed by atoms with Gasteiger partial charge in [0.2, 0.25) is 11.8 Å². The molecule has 0 spiro atoms. The van der Waals surface area contributed by atoms with Gasteiger partial charge in [-0.3, -0.25) is 9.59 Å². The van der Waals surface area contributed by atoms with Gasteiger partial charge in [0.1, 0.15) is 17.8 Å². The van der Waals surface area contributed by atoms with Crippen LogP contribution in [-0.4, -0.2) is 40.1 Å². The van der Waals surface area contributed by atoms with E-state index in [0.717, 1.165) is 4.88 Å². The summed E-state index contributed by atoms with van der Waals surface area (Å²) in [5.41, 5.74) is 0. The van der Waals surface area contributed by atoms with E-state index in [-0.39, 0.29) is 24.5 Å². The highest BCUT2D eigenvalue weighted by Crippen LogP contribution is 2.20. The number of thiophene rings is 1. The lowest BCUT2D eigenvalue weighted by Gasteiger charge is -2.23. The molecule has 28 heavy (non-hydrogen) atoms. The Balaban J connectivity index is 2.06. The second kappa shape index (κ2) is 10.5. The highest BCUT2D eigenvalue weighted by Gasteiger charge is 2.28. The topological polar surface area (TPSA) is 116 Å². The van der Waals surface area contributed by atoms with Crippen LogP contribution >= 0.6 is 11.3 Å². The number of hydrogen-bond donors (Lipinski definition) is 4. The van der Waals surface area contributed by atoms with E-state index in [2.05, 4.69) is 10.6 Å². The van der Waals surface area contributed by atoms with Gasteiger partial charge in [0.25, 0.3) is 0 Å². The SMILES string of the molecule is CC=CC(=O)N[C@@H](Cc1cccs1)C(=O)N[C@@H](CC1C=CC(O)=CC1)C(=O)O. The molecule has 0 aromatic carbocycles. The minimum absolute atomic E-state index is 0.106. The van der Waals surface area contributed by atoms with E-state index in [1.165, 1.54) is 23.5 Å². The lowest BCUT2D eigenvalue weighted by molar-refractivity contribution is -0.142. The van der Waals surface area contributed by atoms with Crippen molar-refractivity contribution >= 4 is 29.1 Å². The Morgan fingerprint density at radius 1 is 1.32 bits per heavy atom. The molecule has 0 aliphatic heterocycles. The lowest BCUT2D eigenvalue weighted by atomic mass is 9.92. The van der Waals surface area contributed by atoms with Gasteiger partial charge in [-0.15, -0.1) is 11.3 Å². The Morgan fingerprint density at radius 3 is 2.68 bits per heavy atom. The molecule has 0 saturated heterocycles. The molecule has 0 radical (unpaired) electrons. The number of carbonyl (C=O) groups excluding carboxylic acids is 2. The van der Waals surface area contributed by atoms with Crippen LogP contribution < -0.4 is 10.6 Å². The van der Waals surface area contributed by atoms with Crippen molar-refractivity contribution in [1.82, 2.24) is 10.6 Å². The Hall–Kier alpha value is -2.87. The second-order valence-electron chi connectivity index (χ2n) is 6.46. The fourth-order valence-corrected chi connectivity index (χ4v) is 3.59. The van der Waals surface area contributed by atoms with E-state index in [0.29, 0.717) is 6.42 Å². The monoisotopic (exact) mass is 404 g/mol. The molecule has 2 rings (SSSR count). The van der Waals surface area contributed by atoms with Crippen molar-refractivity contribution in [2.45, 2.75) is 38.3 Å². The zero-order chi connectivity index (χ0) is 20.5. The first-order chi connectivity index (χ1) is 13.4. The van der Waals surface area contributed by atoms with Crippen molar-refractivity contribution in [2.75, 3.05) is 0 Å². The zero-order valence-electron chi connectivity index (χ0n) is 15.5. The van der Waals surface area contributed by atoms with E-state index in [9.17, 15) is 24.6 Å². The van der Waals surface area contributed by atoms with Gasteiger partial charge in [0.05, 0.1) is 0 Å². The smallest absolute Gasteiger partial charge is 0.326 e. The summed E-state index contributed by atoms with van der Waals surface area (Å²) in [5, 5.41) is 25.9. The number of aliphatic carboxylic acids is 1. The minimum atomic E-state index is -1.14. The number of allylic oxidation sites excluding steroid dienone is 4. The molecule has 0 fully saturated rings. The number of amides is 2. The maximum Gasteiger partial charge on any atom is 0.326 e. The van der Waals surface area contributed by atoms with Gasteiger partial charge < -0.3 is 20.8 Å². The van der Waals surface area contributed by atoms with E-state index < -0.39 is 29.9 Å². The standard InChI is InChI=1S/C20H24N2O5S/c1-2-4-18(24)21-16(12-15-5-3-10-28-15)19(25)22-17(20(26)27)11-13-6-8-14(23)9-7-13/h2-6,8-10,13,16-17,23H,7,11-12H2,1H3,(H,21,24)(H,22,25)(H,26,27)/t13?,16-,17-/m0/s1. The molecule has 150 valence electrons. The molecule has 1 heterocycles. The molecule has 8 heteroatoms. The molecule has 0 bridgehead atoms. The fraction of sp³-hybridized carbons (Fsp3) is 0.350. The van der Waals surface area contributed by atoms with Crippen molar-refractivity contribution in [3.8, 4) is 0 Å². The van der Waals surface area contributed by atoms with E-state index in [1.54, 1.807) is 25.2 Å². The maximum atomic E-state index is 12.7. The molecule has 1 aromatic rings. The van der Waals surface area contributed by atoms with Gasteiger partial charge in [-0.25, -0.2) is 4.79 Å². The molecule has 7 nitrogen and oxygen atoms in total. The van der Waals surface area contributed by atoms with Gasteiger partial charge >= 0.3 is 5.97 Å². The van der Waals surface area contributed by atoms with Crippen LogP contribution in [0.5, 0.6) is 0 Å². The van der Waals surface area contributed by atoms with Crippen LogP contribution in [0.3, 0.4) is 0 Å². The number of carboxylic acid groups (broad SMARTS) is 1. The number of aliphatic hydroxyl groups is 1. The van der Waals surface area contributed by atoms with Crippen LogP contribution in [0.2, 0.25) is 0 Å². The first kappa shape index (κ1) is 21.4. The molecular weight excluding hydrogens is 380 g/mol. The van der Waals surface area contributed by atoms with Crippen molar-refractivity contribution < 1.29 is 24.6 Å². The number of carbonyl (C=O) groups is 3. The first-order valence-electron chi connectivity index (χ1n) is 8.95. The summed E-state index contributed by atoms with van der Waals surface area (Å²) in [5.74, 6) is -2.06. The van der Waals surface area contributed by atoms with Crippen LogP contribution in [0.25, 0.3) is 0 Å². The van der Waals surface area contributed by atoms with Crippen molar-refractivity contribution in [3.05, 3.63) is 58.5 Å². The number of aliphatic hydroxyl groups excluding tert-OH is 1. The summed E-state index contributed by atoms with van der Waals surface area (Å²) < 4.78 is 0. The normalized spacial score (nSPS) is 18.3. The molecule has 2 amide bonds.